The van der Waals surface area contributed by atoms with Crippen molar-refractivity contribution in [3.8, 4) is 17.0 Å². The van der Waals surface area contributed by atoms with E-state index in [9.17, 15) is 4.79 Å². The monoisotopic (exact) mass is 397 g/mol. The number of ether oxygens (including phenoxy) is 1. The minimum Gasteiger partial charge on any atom is -0.493 e. The topological polar surface area (TPSA) is 109 Å². The van der Waals surface area contributed by atoms with E-state index < -0.39 is 0 Å². The zero-order chi connectivity index (χ0) is 20.4. The van der Waals surface area contributed by atoms with Crippen molar-refractivity contribution in [2.24, 2.45) is 5.92 Å². The minimum absolute atomic E-state index is 0.112. The van der Waals surface area contributed by atoms with Crippen molar-refractivity contribution in [3.05, 3.63) is 29.8 Å². The fraction of sp³-hybridized carbons (Fsp3) is 0.500. The van der Waals surface area contributed by atoms with E-state index in [1.165, 1.54) is 6.33 Å². The summed E-state index contributed by atoms with van der Waals surface area (Å²) in [5.74, 6) is 1.10. The molecule has 154 valence electrons. The van der Waals surface area contributed by atoms with Crippen LogP contribution in [0.3, 0.4) is 0 Å². The molecule has 0 bridgehead atoms. The molecule has 3 aromatic heterocycles. The van der Waals surface area contributed by atoms with Crippen LogP contribution >= 0.6 is 0 Å². The fourth-order valence-electron chi connectivity index (χ4n) is 3.90. The number of fused-ring (bicyclic) bond motifs is 1. The summed E-state index contributed by atoms with van der Waals surface area (Å²) in [6.07, 6.45) is 5.51. The van der Waals surface area contributed by atoms with Gasteiger partial charge >= 0.3 is 0 Å². The Morgan fingerprint density at radius 1 is 1.38 bits per heavy atom. The predicted octanol–water partition coefficient (Wildman–Crippen LogP) is 1.98. The average Bonchev–Trinajstić information content (AvgIpc) is 3.39. The number of methoxy groups -OCH3 is 1. The lowest BCUT2D eigenvalue weighted by Crippen LogP contribution is -2.36. The molecule has 3 N–H and O–H groups in total. The molecule has 0 atom stereocenters. The van der Waals surface area contributed by atoms with Crippen LogP contribution in [-0.4, -0.2) is 57.4 Å². The SMILES string of the molecule is COc1cc(-c2[nH]nc(C(=O)NCC3CCNCC3)c2C(C)C)cn2ncnc12. The average molecular weight is 397 g/mol. The van der Waals surface area contributed by atoms with Crippen molar-refractivity contribution in [2.45, 2.75) is 32.6 Å². The molecule has 1 amide bonds. The molecular weight excluding hydrogens is 370 g/mol. The first-order valence-corrected chi connectivity index (χ1v) is 10.0. The van der Waals surface area contributed by atoms with E-state index >= 15 is 0 Å². The van der Waals surface area contributed by atoms with Gasteiger partial charge in [0.15, 0.2) is 17.1 Å². The third-order valence-electron chi connectivity index (χ3n) is 5.46. The van der Waals surface area contributed by atoms with Gasteiger partial charge in [0.05, 0.1) is 12.8 Å². The Morgan fingerprint density at radius 3 is 2.90 bits per heavy atom. The summed E-state index contributed by atoms with van der Waals surface area (Å²) in [4.78, 5) is 17.1. The molecule has 0 radical (unpaired) electrons. The first kappa shape index (κ1) is 19.4. The van der Waals surface area contributed by atoms with Gasteiger partial charge in [-0.3, -0.25) is 9.89 Å². The van der Waals surface area contributed by atoms with E-state index in [1.54, 1.807) is 11.6 Å². The number of H-pyrrole nitrogens is 1. The lowest BCUT2D eigenvalue weighted by atomic mass is 9.96. The molecule has 29 heavy (non-hydrogen) atoms. The molecule has 1 aliphatic heterocycles. The Kier molecular flexibility index (Phi) is 5.48. The van der Waals surface area contributed by atoms with Gasteiger partial charge in [-0.25, -0.2) is 9.50 Å². The Bertz CT molecular complexity index is 1000. The summed E-state index contributed by atoms with van der Waals surface area (Å²) in [7, 11) is 1.60. The van der Waals surface area contributed by atoms with Crippen molar-refractivity contribution in [1.82, 2.24) is 35.4 Å². The smallest absolute Gasteiger partial charge is 0.272 e. The van der Waals surface area contributed by atoms with Gasteiger partial charge in [-0.05, 0) is 43.8 Å². The first-order valence-electron chi connectivity index (χ1n) is 10.0. The fourth-order valence-corrected chi connectivity index (χ4v) is 3.90. The molecule has 4 rings (SSSR count). The van der Waals surface area contributed by atoms with Crippen LogP contribution in [0.25, 0.3) is 16.9 Å². The van der Waals surface area contributed by atoms with Gasteiger partial charge in [0.1, 0.15) is 6.33 Å². The van der Waals surface area contributed by atoms with E-state index in [-0.39, 0.29) is 11.8 Å². The van der Waals surface area contributed by atoms with Gasteiger partial charge in [0.25, 0.3) is 5.91 Å². The van der Waals surface area contributed by atoms with Crippen molar-refractivity contribution in [3.63, 3.8) is 0 Å². The number of pyridine rings is 1. The summed E-state index contributed by atoms with van der Waals surface area (Å²) in [5, 5.41) is 18.1. The van der Waals surface area contributed by atoms with Gasteiger partial charge in [0.2, 0.25) is 0 Å². The maximum absolute atomic E-state index is 12.9. The second kappa shape index (κ2) is 8.20. The van der Waals surface area contributed by atoms with Gasteiger partial charge in [-0.2, -0.15) is 10.2 Å². The lowest BCUT2D eigenvalue weighted by Gasteiger charge is -2.22. The van der Waals surface area contributed by atoms with Gasteiger partial charge in [0, 0.05) is 23.9 Å². The number of nitrogens with zero attached hydrogens (tertiary/aromatic N) is 4. The quantitative estimate of drug-likeness (QED) is 0.587. The highest BCUT2D eigenvalue weighted by atomic mass is 16.5. The molecule has 9 nitrogen and oxygen atoms in total. The highest BCUT2D eigenvalue weighted by Gasteiger charge is 2.24. The Labute approximate surface area is 169 Å². The number of aromatic amines is 1. The van der Waals surface area contributed by atoms with Crippen LogP contribution in [0.5, 0.6) is 5.75 Å². The molecule has 0 aliphatic carbocycles. The number of hydrogen-bond donors (Lipinski definition) is 3. The van der Waals surface area contributed by atoms with Crippen molar-refractivity contribution >= 4 is 11.6 Å². The van der Waals surface area contributed by atoms with Crippen LogP contribution in [0.1, 0.15) is 48.7 Å². The van der Waals surface area contributed by atoms with E-state index in [0.29, 0.717) is 29.6 Å². The maximum Gasteiger partial charge on any atom is 0.272 e. The molecule has 1 aliphatic rings. The number of hydrogen-bond acceptors (Lipinski definition) is 6. The van der Waals surface area contributed by atoms with Crippen LogP contribution in [0.15, 0.2) is 18.6 Å². The van der Waals surface area contributed by atoms with Crippen LogP contribution in [0.2, 0.25) is 0 Å². The molecule has 1 saturated heterocycles. The van der Waals surface area contributed by atoms with E-state index in [4.69, 9.17) is 4.74 Å². The second-order valence-corrected chi connectivity index (χ2v) is 7.74. The largest absolute Gasteiger partial charge is 0.493 e. The molecule has 0 unspecified atom stereocenters. The molecule has 0 saturated carbocycles. The Morgan fingerprint density at radius 2 is 2.17 bits per heavy atom. The Balaban J connectivity index is 1.64. The lowest BCUT2D eigenvalue weighted by molar-refractivity contribution is 0.0938. The highest BCUT2D eigenvalue weighted by Crippen LogP contribution is 2.33. The summed E-state index contributed by atoms with van der Waals surface area (Å²) in [5.41, 5.74) is 3.61. The minimum atomic E-state index is -0.136. The zero-order valence-electron chi connectivity index (χ0n) is 17.0. The molecule has 0 aromatic carbocycles. The number of aromatic nitrogens is 5. The molecular formula is C20H27N7O2. The van der Waals surface area contributed by atoms with Crippen LogP contribution < -0.4 is 15.4 Å². The first-order chi connectivity index (χ1) is 14.1. The number of carbonyl (C=O) groups excluding carboxylic acids is 1. The highest BCUT2D eigenvalue weighted by molar-refractivity contribution is 5.95. The van der Waals surface area contributed by atoms with Crippen molar-refractivity contribution < 1.29 is 9.53 Å². The van der Waals surface area contributed by atoms with E-state index in [1.807, 2.05) is 12.3 Å². The summed E-state index contributed by atoms with van der Waals surface area (Å²) in [6, 6.07) is 1.89. The number of rotatable bonds is 6. The van der Waals surface area contributed by atoms with E-state index in [0.717, 1.165) is 42.8 Å². The summed E-state index contributed by atoms with van der Waals surface area (Å²) >= 11 is 0. The molecule has 4 heterocycles. The molecule has 3 aromatic rings. The van der Waals surface area contributed by atoms with Crippen LogP contribution in [0.4, 0.5) is 0 Å². The number of carbonyl (C=O) groups is 1. The van der Waals surface area contributed by atoms with Crippen molar-refractivity contribution in [1.29, 1.82) is 0 Å². The van der Waals surface area contributed by atoms with Gasteiger partial charge < -0.3 is 15.4 Å². The second-order valence-electron chi connectivity index (χ2n) is 7.74. The third kappa shape index (κ3) is 3.82. The molecule has 1 fully saturated rings. The zero-order valence-corrected chi connectivity index (χ0v) is 17.0. The summed E-state index contributed by atoms with van der Waals surface area (Å²) in [6.45, 7) is 6.82. The summed E-state index contributed by atoms with van der Waals surface area (Å²) < 4.78 is 7.13. The Hall–Kier alpha value is -2.94. The number of amides is 1. The maximum atomic E-state index is 12.9. The van der Waals surface area contributed by atoms with E-state index in [2.05, 4.69) is 44.8 Å². The predicted molar refractivity (Wildman–Crippen MR) is 109 cm³/mol. The standard InChI is InChI=1S/C20H27N7O2/c1-12(2)16-17(14-8-15(29-3)19-23-11-24-27(19)10-14)25-26-18(16)20(28)22-9-13-4-6-21-7-5-13/h8,10-13,21H,4-7,9H2,1-3H3,(H,22,28)(H,25,26). The molecule has 9 heteroatoms. The van der Waals surface area contributed by atoms with Gasteiger partial charge in [-0.15, -0.1) is 0 Å². The molecule has 0 spiro atoms. The van der Waals surface area contributed by atoms with Crippen molar-refractivity contribution in [2.75, 3.05) is 26.7 Å². The van der Waals surface area contributed by atoms with Crippen LogP contribution in [-0.2, 0) is 0 Å². The third-order valence-corrected chi connectivity index (χ3v) is 5.46. The number of nitrogens with one attached hydrogen (secondary N) is 3. The van der Waals surface area contributed by atoms with Crippen LogP contribution in [0, 0.1) is 5.92 Å². The number of piperidine rings is 1. The van der Waals surface area contributed by atoms with Gasteiger partial charge in [-0.1, -0.05) is 13.8 Å². The normalized spacial score (nSPS) is 15.2.